The number of aromatic amines is 1. The molecule has 3 N–H and O–H groups in total. The van der Waals surface area contributed by atoms with E-state index in [1.54, 1.807) is 0 Å². The van der Waals surface area contributed by atoms with Crippen molar-refractivity contribution in [3.05, 3.63) is 35.0 Å². The lowest BCUT2D eigenvalue weighted by atomic mass is 10.1. The number of benzene rings is 1. The molecule has 21 heavy (non-hydrogen) atoms. The Morgan fingerprint density at radius 3 is 2.57 bits per heavy atom. The number of carbonyl (C=O) groups is 2. The molecular formula is C16H21N3O2. The molecule has 0 aliphatic rings. The highest BCUT2D eigenvalue weighted by atomic mass is 16.2. The van der Waals surface area contributed by atoms with Crippen molar-refractivity contribution in [3.8, 4) is 0 Å². The van der Waals surface area contributed by atoms with Gasteiger partial charge in [0.15, 0.2) is 0 Å². The van der Waals surface area contributed by atoms with Crippen molar-refractivity contribution in [1.82, 2.24) is 15.6 Å². The number of hydrogen-bond donors (Lipinski definition) is 3. The molecule has 0 saturated heterocycles. The lowest BCUT2D eigenvalue weighted by molar-refractivity contribution is -0.120. The van der Waals surface area contributed by atoms with Gasteiger partial charge in [-0.2, -0.15) is 0 Å². The van der Waals surface area contributed by atoms with Crippen LogP contribution in [0.1, 0.15) is 35.5 Å². The zero-order valence-electron chi connectivity index (χ0n) is 12.8. The van der Waals surface area contributed by atoms with Crippen LogP contribution in [0.3, 0.4) is 0 Å². The zero-order chi connectivity index (χ0) is 15.6. The Kier molecular flexibility index (Phi) is 4.31. The van der Waals surface area contributed by atoms with Gasteiger partial charge in [0, 0.05) is 16.9 Å². The van der Waals surface area contributed by atoms with Crippen LogP contribution >= 0.6 is 0 Å². The summed E-state index contributed by atoms with van der Waals surface area (Å²) in [6.07, 6.45) is 0. The summed E-state index contributed by atoms with van der Waals surface area (Å²) in [6, 6.07) is 5.96. The predicted octanol–water partition coefficient (Wildman–Crippen LogP) is 2.04. The van der Waals surface area contributed by atoms with E-state index in [9.17, 15) is 9.59 Å². The predicted molar refractivity (Wildman–Crippen MR) is 83.4 cm³/mol. The highest BCUT2D eigenvalue weighted by molar-refractivity contribution is 6.00. The third-order valence-electron chi connectivity index (χ3n) is 3.19. The molecule has 0 atom stereocenters. The molecule has 5 heteroatoms. The van der Waals surface area contributed by atoms with Crippen LogP contribution in [0.4, 0.5) is 0 Å². The second-order valence-corrected chi connectivity index (χ2v) is 5.63. The normalized spacial score (nSPS) is 10.9. The Labute approximate surface area is 124 Å². The molecule has 0 bridgehead atoms. The zero-order valence-corrected chi connectivity index (χ0v) is 12.8. The van der Waals surface area contributed by atoms with Gasteiger partial charge in [-0.3, -0.25) is 9.59 Å². The molecule has 1 aromatic carbocycles. The molecule has 0 fully saturated rings. The summed E-state index contributed by atoms with van der Waals surface area (Å²) < 4.78 is 0. The molecule has 1 aromatic heterocycles. The molecular weight excluding hydrogens is 266 g/mol. The Morgan fingerprint density at radius 1 is 1.19 bits per heavy atom. The van der Waals surface area contributed by atoms with Gasteiger partial charge >= 0.3 is 0 Å². The minimum Gasteiger partial charge on any atom is -0.352 e. The highest BCUT2D eigenvalue weighted by Gasteiger charge is 2.12. The largest absolute Gasteiger partial charge is 0.352 e. The van der Waals surface area contributed by atoms with Gasteiger partial charge in [-0.25, -0.2) is 0 Å². The fourth-order valence-corrected chi connectivity index (χ4v) is 2.35. The first-order chi connectivity index (χ1) is 9.86. The van der Waals surface area contributed by atoms with E-state index in [1.807, 2.05) is 39.8 Å². The van der Waals surface area contributed by atoms with Crippen LogP contribution in [0, 0.1) is 13.8 Å². The van der Waals surface area contributed by atoms with Crippen LogP contribution in [-0.2, 0) is 4.79 Å². The number of H-pyrrole nitrogens is 1. The molecule has 0 aliphatic carbocycles. The van der Waals surface area contributed by atoms with Crippen molar-refractivity contribution in [1.29, 1.82) is 0 Å². The van der Waals surface area contributed by atoms with Gasteiger partial charge in [0.05, 0.1) is 6.54 Å². The Hall–Kier alpha value is -2.30. The van der Waals surface area contributed by atoms with Gasteiger partial charge in [0.25, 0.3) is 5.91 Å². The van der Waals surface area contributed by atoms with Crippen molar-refractivity contribution in [3.63, 3.8) is 0 Å². The van der Waals surface area contributed by atoms with Crippen molar-refractivity contribution in [2.45, 2.75) is 33.7 Å². The highest BCUT2D eigenvalue weighted by Crippen LogP contribution is 2.21. The molecule has 0 radical (unpaired) electrons. The number of aryl methyl sites for hydroxylation is 2. The molecule has 0 spiro atoms. The van der Waals surface area contributed by atoms with Gasteiger partial charge in [-0.05, 0) is 51.0 Å². The maximum atomic E-state index is 12.1. The smallest absolute Gasteiger partial charge is 0.268 e. The number of carbonyl (C=O) groups excluding carboxylic acids is 2. The van der Waals surface area contributed by atoms with E-state index in [0.29, 0.717) is 5.69 Å². The summed E-state index contributed by atoms with van der Waals surface area (Å²) in [6.45, 7) is 7.76. The maximum Gasteiger partial charge on any atom is 0.268 e. The summed E-state index contributed by atoms with van der Waals surface area (Å²) in [5.74, 6) is -0.469. The lowest BCUT2D eigenvalue weighted by Crippen LogP contribution is -2.39. The van der Waals surface area contributed by atoms with E-state index in [0.717, 1.165) is 22.0 Å². The fourth-order valence-electron chi connectivity index (χ4n) is 2.35. The van der Waals surface area contributed by atoms with Crippen molar-refractivity contribution < 1.29 is 9.59 Å². The van der Waals surface area contributed by atoms with Gasteiger partial charge in [0.2, 0.25) is 5.91 Å². The molecule has 5 nitrogen and oxygen atoms in total. The van der Waals surface area contributed by atoms with E-state index >= 15 is 0 Å². The number of rotatable bonds is 4. The SMILES string of the molecule is Cc1cc(C)c2cc(C(=O)NCC(=O)NC(C)C)[nH]c2c1. The minimum absolute atomic E-state index is 0.0234. The summed E-state index contributed by atoms with van der Waals surface area (Å²) in [4.78, 5) is 26.7. The monoisotopic (exact) mass is 287 g/mol. The van der Waals surface area contributed by atoms with Crippen LogP contribution in [0.2, 0.25) is 0 Å². The standard InChI is InChI=1S/C16H21N3O2/c1-9(2)18-15(20)8-17-16(21)14-7-12-11(4)5-10(3)6-13(12)19-14/h5-7,9,19H,8H2,1-4H3,(H,17,21)(H,18,20). The second kappa shape index (κ2) is 5.99. The number of aromatic nitrogens is 1. The topological polar surface area (TPSA) is 74.0 Å². The lowest BCUT2D eigenvalue weighted by Gasteiger charge is -2.08. The molecule has 1 heterocycles. The van der Waals surface area contributed by atoms with Crippen molar-refractivity contribution in [2.24, 2.45) is 0 Å². The van der Waals surface area contributed by atoms with Crippen LogP contribution in [0.5, 0.6) is 0 Å². The Bertz CT molecular complexity index is 686. The quantitative estimate of drug-likeness (QED) is 0.805. The van der Waals surface area contributed by atoms with Crippen LogP contribution in [0.15, 0.2) is 18.2 Å². The van der Waals surface area contributed by atoms with E-state index in [4.69, 9.17) is 0 Å². The summed E-state index contributed by atoms with van der Waals surface area (Å²) >= 11 is 0. The summed E-state index contributed by atoms with van der Waals surface area (Å²) in [5, 5.41) is 6.37. The number of hydrogen-bond acceptors (Lipinski definition) is 2. The molecule has 2 amide bonds. The van der Waals surface area contributed by atoms with Gasteiger partial charge in [0.1, 0.15) is 5.69 Å². The van der Waals surface area contributed by atoms with Gasteiger partial charge in [-0.1, -0.05) is 6.07 Å². The van der Waals surface area contributed by atoms with Gasteiger partial charge in [-0.15, -0.1) is 0 Å². The third kappa shape index (κ3) is 3.62. The summed E-state index contributed by atoms with van der Waals surface area (Å²) in [5.41, 5.74) is 3.67. The minimum atomic E-state index is -0.276. The molecule has 0 unspecified atom stereocenters. The Balaban J connectivity index is 2.10. The van der Waals surface area contributed by atoms with Crippen molar-refractivity contribution >= 4 is 22.7 Å². The van der Waals surface area contributed by atoms with Crippen molar-refractivity contribution in [2.75, 3.05) is 6.54 Å². The average Bonchev–Trinajstić information content (AvgIpc) is 2.79. The molecule has 2 rings (SSSR count). The number of nitrogens with one attached hydrogen (secondary N) is 3. The Morgan fingerprint density at radius 2 is 1.90 bits per heavy atom. The average molecular weight is 287 g/mol. The fraction of sp³-hybridized carbons (Fsp3) is 0.375. The first kappa shape index (κ1) is 15.1. The maximum absolute atomic E-state index is 12.1. The van der Waals surface area contributed by atoms with Gasteiger partial charge < -0.3 is 15.6 Å². The first-order valence-corrected chi connectivity index (χ1v) is 7.04. The number of fused-ring (bicyclic) bond motifs is 1. The van der Waals surface area contributed by atoms with Crippen LogP contribution in [0.25, 0.3) is 10.9 Å². The molecule has 0 aliphatic heterocycles. The van der Waals surface area contributed by atoms with E-state index < -0.39 is 0 Å². The van der Waals surface area contributed by atoms with E-state index in [2.05, 4.69) is 21.7 Å². The van der Waals surface area contributed by atoms with Crippen LogP contribution in [-0.4, -0.2) is 29.4 Å². The van der Waals surface area contributed by atoms with Crippen LogP contribution < -0.4 is 10.6 Å². The summed E-state index contributed by atoms with van der Waals surface area (Å²) in [7, 11) is 0. The molecule has 2 aromatic rings. The molecule has 0 saturated carbocycles. The second-order valence-electron chi connectivity index (χ2n) is 5.63. The third-order valence-corrected chi connectivity index (χ3v) is 3.19. The van der Waals surface area contributed by atoms with E-state index in [1.165, 1.54) is 0 Å². The first-order valence-electron chi connectivity index (χ1n) is 7.04. The number of amides is 2. The van der Waals surface area contributed by atoms with E-state index in [-0.39, 0.29) is 24.4 Å². The molecule has 112 valence electrons.